The Labute approximate surface area is 155 Å². The Kier molecular flexibility index (Phi) is 5.94. The van der Waals surface area contributed by atoms with Crippen molar-refractivity contribution in [3.05, 3.63) is 65.2 Å². The minimum atomic E-state index is -0.0537. The number of hydrogen-bond donors (Lipinski definition) is 0. The number of carbonyl (C=O) groups is 1. The molecule has 1 aliphatic rings. The van der Waals surface area contributed by atoms with Gasteiger partial charge in [0.05, 0.1) is 26.3 Å². The predicted molar refractivity (Wildman–Crippen MR) is 102 cm³/mol. The molecule has 4 heteroatoms. The van der Waals surface area contributed by atoms with E-state index in [2.05, 4.69) is 31.2 Å². The van der Waals surface area contributed by atoms with Crippen molar-refractivity contribution in [1.82, 2.24) is 4.90 Å². The lowest BCUT2D eigenvalue weighted by Gasteiger charge is -2.38. The van der Waals surface area contributed by atoms with Crippen LogP contribution >= 0.6 is 0 Å². The third-order valence-corrected chi connectivity index (χ3v) is 5.00. The highest BCUT2D eigenvalue weighted by Crippen LogP contribution is 2.26. The van der Waals surface area contributed by atoms with Crippen LogP contribution in [0.15, 0.2) is 48.5 Å². The fourth-order valence-corrected chi connectivity index (χ4v) is 3.38. The maximum Gasteiger partial charge on any atom is 0.223 e. The molecule has 0 aliphatic carbocycles. The van der Waals surface area contributed by atoms with Gasteiger partial charge in [-0.05, 0) is 37.5 Å². The maximum absolute atomic E-state index is 12.8. The van der Waals surface area contributed by atoms with Crippen LogP contribution in [0.25, 0.3) is 0 Å². The van der Waals surface area contributed by atoms with Crippen LogP contribution in [0.2, 0.25) is 0 Å². The van der Waals surface area contributed by atoms with Crippen LogP contribution in [0, 0.1) is 6.92 Å². The zero-order valence-electron chi connectivity index (χ0n) is 15.8. The largest absolute Gasteiger partial charge is 0.496 e. The number of ether oxygens (including phenoxy) is 2. The lowest BCUT2D eigenvalue weighted by Crippen LogP contribution is -2.48. The smallest absolute Gasteiger partial charge is 0.223 e. The molecule has 1 aliphatic heterocycles. The minimum Gasteiger partial charge on any atom is -0.496 e. The van der Waals surface area contributed by atoms with E-state index in [1.165, 1.54) is 5.56 Å². The molecule has 1 amide bonds. The Morgan fingerprint density at radius 3 is 2.65 bits per heavy atom. The second-order valence-corrected chi connectivity index (χ2v) is 6.94. The van der Waals surface area contributed by atoms with E-state index in [9.17, 15) is 4.79 Å². The summed E-state index contributed by atoms with van der Waals surface area (Å²) >= 11 is 0. The third-order valence-electron chi connectivity index (χ3n) is 5.00. The summed E-state index contributed by atoms with van der Waals surface area (Å²) < 4.78 is 11.4. The highest BCUT2D eigenvalue weighted by molar-refractivity contribution is 5.77. The van der Waals surface area contributed by atoms with Crippen LogP contribution in [-0.4, -0.2) is 37.1 Å². The van der Waals surface area contributed by atoms with E-state index >= 15 is 0 Å². The summed E-state index contributed by atoms with van der Waals surface area (Å²) in [5.74, 6) is 1.01. The van der Waals surface area contributed by atoms with Gasteiger partial charge in [-0.1, -0.05) is 48.0 Å². The molecular formula is C22H27NO3. The van der Waals surface area contributed by atoms with Gasteiger partial charge in [-0.2, -0.15) is 0 Å². The average molecular weight is 353 g/mol. The molecule has 1 saturated heterocycles. The van der Waals surface area contributed by atoms with E-state index < -0.39 is 0 Å². The van der Waals surface area contributed by atoms with Crippen molar-refractivity contribution < 1.29 is 14.3 Å². The Bertz CT molecular complexity index is 741. The van der Waals surface area contributed by atoms with E-state index in [0.29, 0.717) is 26.0 Å². The number of benzene rings is 2. The Hall–Kier alpha value is -2.33. The first kappa shape index (κ1) is 18.5. The second kappa shape index (κ2) is 8.37. The molecule has 138 valence electrons. The van der Waals surface area contributed by atoms with Crippen molar-refractivity contribution in [1.29, 1.82) is 0 Å². The summed E-state index contributed by atoms with van der Waals surface area (Å²) in [5, 5.41) is 0. The van der Waals surface area contributed by atoms with E-state index in [1.54, 1.807) is 7.11 Å². The lowest BCUT2D eigenvalue weighted by atomic mass is 10.0. The van der Waals surface area contributed by atoms with Crippen molar-refractivity contribution in [3.63, 3.8) is 0 Å². The van der Waals surface area contributed by atoms with Crippen molar-refractivity contribution in [2.45, 2.75) is 38.8 Å². The van der Waals surface area contributed by atoms with Gasteiger partial charge in [0.1, 0.15) is 11.9 Å². The van der Waals surface area contributed by atoms with Crippen molar-refractivity contribution >= 4 is 5.91 Å². The molecule has 2 aromatic rings. The van der Waals surface area contributed by atoms with Crippen LogP contribution in [0.4, 0.5) is 0 Å². The van der Waals surface area contributed by atoms with E-state index in [1.807, 2.05) is 36.1 Å². The number of hydrogen-bond acceptors (Lipinski definition) is 3. The molecule has 4 nitrogen and oxygen atoms in total. The standard InChI is InChI=1S/C22H27NO3/c1-16-8-10-19(11-9-16)21-14-23(17(2)15-26-21)22(24)13-12-18-6-4-5-7-20(18)25-3/h4-11,17,21H,12-15H2,1-3H3. The Morgan fingerprint density at radius 1 is 1.19 bits per heavy atom. The average Bonchev–Trinajstić information content (AvgIpc) is 2.67. The molecule has 0 bridgehead atoms. The molecule has 1 heterocycles. The van der Waals surface area contributed by atoms with Gasteiger partial charge in [0.2, 0.25) is 5.91 Å². The van der Waals surface area contributed by atoms with Crippen LogP contribution < -0.4 is 4.74 Å². The van der Waals surface area contributed by atoms with Gasteiger partial charge in [-0.3, -0.25) is 4.79 Å². The summed E-state index contributed by atoms with van der Waals surface area (Å²) in [6, 6.07) is 16.3. The fourth-order valence-electron chi connectivity index (χ4n) is 3.38. The molecule has 1 fully saturated rings. The summed E-state index contributed by atoms with van der Waals surface area (Å²) in [5.41, 5.74) is 3.42. The Balaban J connectivity index is 1.64. The molecule has 0 N–H and O–H groups in total. The zero-order valence-corrected chi connectivity index (χ0v) is 15.8. The van der Waals surface area contributed by atoms with Crippen molar-refractivity contribution in [2.75, 3.05) is 20.3 Å². The van der Waals surface area contributed by atoms with Gasteiger partial charge >= 0.3 is 0 Å². The lowest BCUT2D eigenvalue weighted by molar-refractivity contribution is -0.144. The topological polar surface area (TPSA) is 38.8 Å². The number of carbonyl (C=O) groups excluding carboxylic acids is 1. The predicted octanol–water partition coefficient (Wildman–Crippen LogP) is 3.92. The number of aryl methyl sites for hydroxylation is 2. The number of morpholine rings is 1. The van der Waals surface area contributed by atoms with Crippen LogP contribution in [-0.2, 0) is 16.0 Å². The maximum atomic E-state index is 12.8. The van der Waals surface area contributed by atoms with Crippen LogP contribution in [0.5, 0.6) is 5.75 Å². The van der Waals surface area contributed by atoms with E-state index in [4.69, 9.17) is 9.47 Å². The number of amides is 1. The summed E-state index contributed by atoms with van der Waals surface area (Å²) in [7, 11) is 1.66. The second-order valence-electron chi connectivity index (χ2n) is 6.94. The first-order valence-corrected chi connectivity index (χ1v) is 9.18. The monoisotopic (exact) mass is 353 g/mol. The number of para-hydroxylation sites is 1. The van der Waals surface area contributed by atoms with Gasteiger partial charge in [0, 0.05) is 6.42 Å². The molecular weight excluding hydrogens is 326 g/mol. The number of nitrogens with zero attached hydrogens (tertiary/aromatic N) is 1. The quantitative estimate of drug-likeness (QED) is 0.818. The molecule has 2 unspecified atom stereocenters. The number of methoxy groups -OCH3 is 1. The van der Waals surface area contributed by atoms with Crippen molar-refractivity contribution in [3.8, 4) is 5.75 Å². The van der Waals surface area contributed by atoms with Gasteiger partial charge in [-0.25, -0.2) is 0 Å². The Morgan fingerprint density at radius 2 is 1.92 bits per heavy atom. The minimum absolute atomic E-state index is 0.0537. The first-order chi connectivity index (χ1) is 12.6. The summed E-state index contributed by atoms with van der Waals surface area (Å²) in [6.07, 6.45) is 1.11. The normalized spacial score (nSPS) is 20.0. The molecule has 2 aromatic carbocycles. The molecule has 0 aromatic heterocycles. The fraction of sp³-hybridized carbons (Fsp3) is 0.409. The molecule has 26 heavy (non-hydrogen) atoms. The van der Waals surface area contributed by atoms with Crippen molar-refractivity contribution in [2.24, 2.45) is 0 Å². The molecule has 0 spiro atoms. The van der Waals surface area contributed by atoms with E-state index in [0.717, 1.165) is 16.9 Å². The molecule has 0 saturated carbocycles. The highest BCUT2D eigenvalue weighted by Gasteiger charge is 2.30. The molecule has 2 atom stereocenters. The highest BCUT2D eigenvalue weighted by atomic mass is 16.5. The van der Waals surface area contributed by atoms with Gasteiger partial charge in [-0.15, -0.1) is 0 Å². The third kappa shape index (κ3) is 4.25. The first-order valence-electron chi connectivity index (χ1n) is 9.18. The number of rotatable bonds is 5. The van der Waals surface area contributed by atoms with Gasteiger partial charge in [0.25, 0.3) is 0 Å². The molecule has 0 radical (unpaired) electrons. The van der Waals surface area contributed by atoms with E-state index in [-0.39, 0.29) is 18.1 Å². The summed E-state index contributed by atoms with van der Waals surface area (Å²) in [4.78, 5) is 14.8. The van der Waals surface area contributed by atoms with Gasteiger partial charge < -0.3 is 14.4 Å². The SMILES string of the molecule is COc1ccccc1CCC(=O)N1CC(c2ccc(C)cc2)OCC1C. The zero-order chi connectivity index (χ0) is 18.5. The molecule has 3 rings (SSSR count). The van der Waals surface area contributed by atoms with Crippen LogP contribution in [0.3, 0.4) is 0 Å². The van der Waals surface area contributed by atoms with Crippen LogP contribution in [0.1, 0.15) is 36.1 Å². The van der Waals surface area contributed by atoms with Gasteiger partial charge in [0.15, 0.2) is 0 Å². The summed E-state index contributed by atoms with van der Waals surface area (Å²) in [6.45, 7) is 5.29.